The smallest absolute Gasteiger partial charge is 0.269 e. The third-order valence-electron chi connectivity index (χ3n) is 2.17. The van der Waals surface area contributed by atoms with Gasteiger partial charge in [0.25, 0.3) is 5.91 Å². The molecule has 0 unspecified atom stereocenters. The molecule has 0 bridgehead atoms. The van der Waals surface area contributed by atoms with Crippen molar-refractivity contribution in [1.82, 2.24) is 21.0 Å². The summed E-state index contributed by atoms with van der Waals surface area (Å²) in [6.45, 7) is 0. The molecule has 0 aliphatic rings. The third kappa shape index (κ3) is 4.99. The minimum Gasteiger partial charge on any atom is -0.374 e. The maximum atomic E-state index is 11.8. The van der Waals surface area contributed by atoms with Crippen molar-refractivity contribution < 1.29 is 9.59 Å². The van der Waals surface area contributed by atoms with E-state index >= 15 is 0 Å². The van der Waals surface area contributed by atoms with E-state index in [1.54, 1.807) is 24.3 Å². The van der Waals surface area contributed by atoms with Crippen LogP contribution in [0.5, 0.6) is 0 Å². The number of thioether (sulfide) groups is 1. The molecule has 1 aromatic heterocycles. The minimum absolute atomic E-state index is 0.106. The Hall–Kier alpha value is -1.65. The van der Waals surface area contributed by atoms with E-state index < -0.39 is 0 Å². The molecule has 2 amide bonds. The summed E-state index contributed by atoms with van der Waals surface area (Å²) in [5.74, 6) is -0.629. The molecule has 0 saturated carbocycles. The summed E-state index contributed by atoms with van der Waals surface area (Å²) in [5.41, 5.74) is 10.5. The van der Waals surface area contributed by atoms with Crippen LogP contribution in [0.1, 0.15) is 10.4 Å². The van der Waals surface area contributed by atoms with Gasteiger partial charge in [-0.05, 0) is 24.3 Å². The molecular weight excluding hydrogens is 378 g/mol. The molecule has 0 aliphatic heterocycles. The second-order valence-electron chi connectivity index (χ2n) is 3.70. The zero-order valence-electron chi connectivity index (χ0n) is 10.5. The van der Waals surface area contributed by atoms with E-state index in [2.05, 4.69) is 37.0 Å². The number of anilines is 1. The fraction of sp³-hybridized carbons (Fsp3) is 0.0909. The van der Waals surface area contributed by atoms with Gasteiger partial charge in [0.2, 0.25) is 11.0 Å². The summed E-state index contributed by atoms with van der Waals surface area (Å²) in [6.07, 6.45) is 0. The van der Waals surface area contributed by atoms with E-state index in [0.29, 0.717) is 15.0 Å². The van der Waals surface area contributed by atoms with Crippen LogP contribution in [0.3, 0.4) is 0 Å². The number of carbonyl (C=O) groups is 2. The predicted octanol–water partition coefficient (Wildman–Crippen LogP) is 1.44. The van der Waals surface area contributed by atoms with Gasteiger partial charge in [-0.25, -0.2) is 0 Å². The van der Waals surface area contributed by atoms with Crippen LogP contribution in [0.2, 0.25) is 0 Å². The van der Waals surface area contributed by atoms with Crippen LogP contribution in [0.15, 0.2) is 33.1 Å². The van der Waals surface area contributed by atoms with Crippen molar-refractivity contribution >= 4 is 56.0 Å². The summed E-state index contributed by atoms with van der Waals surface area (Å²) in [4.78, 5) is 23.3. The molecule has 4 N–H and O–H groups in total. The lowest BCUT2D eigenvalue weighted by atomic mass is 10.2. The Bertz CT molecular complexity index is 646. The maximum absolute atomic E-state index is 11.8. The van der Waals surface area contributed by atoms with Gasteiger partial charge >= 0.3 is 0 Å². The summed E-state index contributed by atoms with van der Waals surface area (Å²) >= 11 is 5.67. The van der Waals surface area contributed by atoms with Crippen LogP contribution < -0.4 is 16.6 Å². The van der Waals surface area contributed by atoms with E-state index in [1.807, 2.05) is 0 Å². The molecule has 0 spiro atoms. The van der Waals surface area contributed by atoms with Crippen molar-refractivity contribution in [3.8, 4) is 0 Å². The molecular formula is C11H10BrN5O2S2. The van der Waals surface area contributed by atoms with E-state index in [0.717, 1.165) is 4.47 Å². The zero-order valence-corrected chi connectivity index (χ0v) is 13.7. The Labute approximate surface area is 136 Å². The first-order chi connectivity index (χ1) is 10.0. The van der Waals surface area contributed by atoms with E-state index in [-0.39, 0.29) is 17.6 Å². The zero-order chi connectivity index (χ0) is 15.2. The van der Waals surface area contributed by atoms with E-state index in [1.165, 1.54) is 23.1 Å². The number of hydrogen-bond acceptors (Lipinski definition) is 7. The number of nitrogens with two attached hydrogens (primary N) is 1. The van der Waals surface area contributed by atoms with Crippen molar-refractivity contribution in [2.45, 2.75) is 4.34 Å². The molecule has 21 heavy (non-hydrogen) atoms. The van der Waals surface area contributed by atoms with E-state index in [4.69, 9.17) is 5.73 Å². The number of rotatable bonds is 4. The van der Waals surface area contributed by atoms with Gasteiger partial charge in [0.15, 0.2) is 4.34 Å². The van der Waals surface area contributed by atoms with Gasteiger partial charge in [0.05, 0.1) is 5.75 Å². The summed E-state index contributed by atoms with van der Waals surface area (Å²) < 4.78 is 1.47. The molecule has 0 radical (unpaired) electrons. The monoisotopic (exact) mass is 387 g/mol. The SMILES string of the molecule is Nc1nnc(SCC(=O)NNC(=O)c2ccc(Br)cc2)s1. The molecule has 2 rings (SSSR count). The van der Waals surface area contributed by atoms with Crippen LogP contribution in [-0.4, -0.2) is 27.8 Å². The van der Waals surface area contributed by atoms with Crippen LogP contribution in [0.4, 0.5) is 5.13 Å². The van der Waals surface area contributed by atoms with Crippen LogP contribution in [-0.2, 0) is 4.79 Å². The Morgan fingerprint density at radius 1 is 1.24 bits per heavy atom. The quantitative estimate of drug-likeness (QED) is 0.540. The standard InChI is InChI=1S/C11H10BrN5O2S2/c12-7-3-1-6(2-4-7)9(19)15-14-8(18)5-20-11-17-16-10(13)21-11/h1-4H,5H2,(H2,13,16)(H,14,18)(H,15,19). The van der Waals surface area contributed by atoms with Gasteiger partial charge < -0.3 is 5.73 Å². The summed E-state index contributed by atoms with van der Waals surface area (Å²) in [7, 11) is 0. The molecule has 0 fully saturated rings. The Kier molecular flexibility index (Phi) is 5.53. The number of nitrogens with one attached hydrogen (secondary N) is 2. The van der Waals surface area contributed by atoms with Gasteiger partial charge in [-0.3, -0.25) is 20.4 Å². The normalized spacial score (nSPS) is 10.1. The number of halogens is 1. The number of carbonyl (C=O) groups excluding carboxylic acids is 2. The Morgan fingerprint density at radius 3 is 2.57 bits per heavy atom. The van der Waals surface area contributed by atoms with Gasteiger partial charge in [0.1, 0.15) is 0 Å². The first-order valence-electron chi connectivity index (χ1n) is 5.61. The molecule has 0 aliphatic carbocycles. The molecule has 10 heteroatoms. The van der Waals surface area contributed by atoms with Crippen molar-refractivity contribution in [3.05, 3.63) is 34.3 Å². The molecule has 7 nitrogen and oxygen atoms in total. The number of aromatic nitrogens is 2. The highest BCUT2D eigenvalue weighted by Crippen LogP contribution is 2.22. The van der Waals surface area contributed by atoms with Crippen molar-refractivity contribution in [2.24, 2.45) is 0 Å². The average molecular weight is 388 g/mol. The van der Waals surface area contributed by atoms with Gasteiger partial charge in [-0.2, -0.15) is 0 Å². The topological polar surface area (TPSA) is 110 Å². The lowest BCUT2D eigenvalue weighted by molar-refractivity contribution is -0.119. The summed E-state index contributed by atoms with van der Waals surface area (Å²) in [5, 5.41) is 7.76. The highest BCUT2D eigenvalue weighted by molar-refractivity contribution is 9.10. The van der Waals surface area contributed by atoms with Crippen LogP contribution in [0.25, 0.3) is 0 Å². The lowest BCUT2D eigenvalue weighted by Crippen LogP contribution is -2.42. The number of nitrogen functional groups attached to an aromatic ring is 1. The second kappa shape index (κ2) is 7.38. The van der Waals surface area contributed by atoms with Crippen molar-refractivity contribution in [2.75, 3.05) is 11.5 Å². The molecule has 110 valence electrons. The molecule has 1 heterocycles. The summed E-state index contributed by atoms with van der Waals surface area (Å²) in [6, 6.07) is 6.77. The number of amides is 2. The third-order valence-corrected chi connectivity index (χ3v) is 4.59. The minimum atomic E-state index is -0.388. The number of hydrazine groups is 1. The predicted molar refractivity (Wildman–Crippen MR) is 84.8 cm³/mol. The van der Waals surface area contributed by atoms with Crippen molar-refractivity contribution in [1.29, 1.82) is 0 Å². The van der Waals surface area contributed by atoms with Crippen LogP contribution >= 0.6 is 39.0 Å². The molecule has 0 atom stereocenters. The molecule has 0 saturated heterocycles. The first kappa shape index (κ1) is 15.7. The fourth-order valence-electron chi connectivity index (χ4n) is 1.24. The lowest BCUT2D eigenvalue weighted by Gasteiger charge is -2.06. The van der Waals surface area contributed by atoms with Gasteiger partial charge in [-0.1, -0.05) is 39.0 Å². The Balaban J connectivity index is 1.75. The van der Waals surface area contributed by atoms with E-state index in [9.17, 15) is 9.59 Å². The van der Waals surface area contributed by atoms with Gasteiger partial charge in [-0.15, -0.1) is 10.2 Å². The van der Waals surface area contributed by atoms with Gasteiger partial charge in [0, 0.05) is 10.0 Å². The first-order valence-corrected chi connectivity index (χ1v) is 8.20. The molecule has 2 aromatic rings. The number of benzene rings is 1. The highest BCUT2D eigenvalue weighted by Gasteiger charge is 2.09. The largest absolute Gasteiger partial charge is 0.374 e. The number of nitrogens with zero attached hydrogens (tertiary/aromatic N) is 2. The maximum Gasteiger partial charge on any atom is 0.269 e. The Morgan fingerprint density at radius 2 is 1.95 bits per heavy atom. The number of hydrogen-bond donors (Lipinski definition) is 3. The van der Waals surface area contributed by atoms with Crippen molar-refractivity contribution in [3.63, 3.8) is 0 Å². The van der Waals surface area contributed by atoms with Crippen LogP contribution in [0, 0.1) is 0 Å². The highest BCUT2D eigenvalue weighted by atomic mass is 79.9. The molecule has 1 aromatic carbocycles. The average Bonchev–Trinajstić information content (AvgIpc) is 2.89. The second-order valence-corrected chi connectivity index (χ2v) is 6.85. The fourth-order valence-corrected chi connectivity index (χ4v) is 2.94.